The zero-order valence-electron chi connectivity index (χ0n) is 40.7. The van der Waals surface area contributed by atoms with Crippen LogP contribution >= 0.6 is 0 Å². The summed E-state index contributed by atoms with van der Waals surface area (Å²) in [6.45, 7) is 41.4. The van der Waals surface area contributed by atoms with Gasteiger partial charge >= 0.3 is 0 Å². The van der Waals surface area contributed by atoms with E-state index in [-0.39, 0.29) is 27.1 Å². The van der Waals surface area contributed by atoms with Crippen LogP contribution < -0.4 is 15.3 Å². The third-order valence-electron chi connectivity index (χ3n) is 13.3. The quantitative estimate of drug-likeness (QED) is 0.143. The van der Waals surface area contributed by atoms with Crippen molar-refractivity contribution in [2.45, 2.75) is 131 Å². The first-order chi connectivity index (χ1) is 29.5. The van der Waals surface area contributed by atoms with Gasteiger partial charge in [-0.2, -0.15) is 0 Å². The average molecular weight is 838 g/mol. The zero-order valence-corrected chi connectivity index (χ0v) is 40.7. The van der Waals surface area contributed by atoms with E-state index in [0.29, 0.717) is 6.61 Å². The summed E-state index contributed by atoms with van der Waals surface area (Å²) in [4.78, 5) is 4.68. The Kier molecular flexibility index (Phi) is 12.0. The molecular weight excluding hydrogens is 767 g/mol. The second kappa shape index (κ2) is 16.6. The first-order valence-electron chi connectivity index (χ1n) is 22.8. The summed E-state index contributed by atoms with van der Waals surface area (Å²) >= 11 is 0. The molecule has 2 aliphatic heterocycles. The molecule has 0 spiro atoms. The van der Waals surface area contributed by atoms with E-state index in [2.05, 4.69) is 224 Å². The molecule has 1 aromatic heterocycles. The van der Waals surface area contributed by atoms with Crippen molar-refractivity contribution in [1.29, 1.82) is 0 Å². The van der Waals surface area contributed by atoms with Gasteiger partial charge in [0.15, 0.2) is 0 Å². The van der Waals surface area contributed by atoms with Gasteiger partial charge in [0.2, 0.25) is 7.28 Å². The number of nitrogens with zero attached hydrogens (tertiary/aromatic N) is 2. The summed E-state index contributed by atoms with van der Waals surface area (Å²) in [6, 6.07) is 20.1. The lowest BCUT2D eigenvalue weighted by Gasteiger charge is -2.41. The molecule has 327 valence electrons. The number of anilines is 2. The lowest BCUT2D eigenvalue weighted by Crippen LogP contribution is -2.33. The van der Waals surface area contributed by atoms with Gasteiger partial charge in [0, 0.05) is 39.8 Å². The maximum absolute atomic E-state index is 7.20. The molecule has 0 amide bonds. The van der Waals surface area contributed by atoms with Gasteiger partial charge < -0.3 is 19.0 Å². The summed E-state index contributed by atoms with van der Waals surface area (Å²) in [5, 5.41) is 1.09. The number of fused-ring (bicyclic) bond motifs is 5. The van der Waals surface area contributed by atoms with E-state index in [1.165, 1.54) is 22.3 Å². The Morgan fingerprint density at radius 1 is 0.825 bits per heavy atom. The zero-order chi connectivity index (χ0) is 45.9. The van der Waals surface area contributed by atoms with Gasteiger partial charge in [0.05, 0.1) is 17.0 Å². The van der Waals surface area contributed by atoms with Crippen molar-refractivity contribution in [1.82, 2.24) is 4.90 Å². The highest BCUT2D eigenvalue weighted by molar-refractivity contribution is 6.60. The van der Waals surface area contributed by atoms with Gasteiger partial charge in [-0.3, -0.25) is 0 Å². The van der Waals surface area contributed by atoms with Crippen molar-refractivity contribution in [3.05, 3.63) is 173 Å². The van der Waals surface area contributed by atoms with E-state index in [0.717, 1.165) is 80.4 Å². The average Bonchev–Trinajstić information content (AvgIpc) is 3.79. The van der Waals surface area contributed by atoms with Crippen LogP contribution in [0.4, 0.5) is 11.4 Å². The molecule has 0 atom stereocenters. The second-order valence-corrected chi connectivity index (χ2v) is 22.1. The van der Waals surface area contributed by atoms with Crippen LogP contribution in [0.3, 0.4) is 0 Å². The minimum atomic E-state index is -0.110. The molecule has 1 aliphatic carbocycles. The Balaban J connectivity index is 1.59. The third kappa shape index (κ3) is 8.91. The van der Waals surface area contributed by atoms with E-state index < -0.39 is 0 Å². The largest absolute Gasteiger partial charge is 0.488 e. The molecule has 0 saturated heterocycles. The molecular formula is C58H70BN2O2. The number of benzene rings is 3. The lowest BCUT2D eigenvalue weighted by molar-refractivity contribution is 0.332. The molecule has 0 fully saturated rings. The van der Waals surface area contributed by atoms with E-state index in [1.54, 1.807) is 0 Å². The van der Waals surface area contributed by atoms with Crippen LogP contribution in [0.15, 0.2) is 150 Å². The van der Waals surface area contributed by atoms with Crippen molar-refractivity contribution in [3.63, 3.8) is 0 Å². The normalized spacial score (nSPS) is 20.5. The van der Waals surface area contributed by atoms with Crippen molar-refractivity contribution in [3.8, 4) is 5.75 Å². The van der Waals surface area contributed by atoms with Crippen LogP contribution in [0.2, 0.25) is 0 Å². The van der Waals surface area contributed by atoms with E-state index in [4.69, 9.17) is 9.15 Å². The molecule has 0 saturated carbocycles. The molecule has 0 unspecified atom stereocenters. The maximum atomic E-state index is 7.20. The van der Waals surface area contributed by atoms with Gasteiger partial charge in [-0.15, -0.1) is 0 Å². The van der Waals surface area contributed by atoms with Crippen molar-refractivity contribution in [2.24, 2.45) is 5.41 Å². The highest BCUT2D eigenvalue weighted by Crippen LogP contribution is 2.50. The first-order valence-corrected chi connectivity index (χ1v) is 22.8. The summed E-state index contributed by atoms with van der Waals surface area (Å²) in [7, 11) is 2.17. The molecule has 1 radical (unpaired) electrons. The molecule has 7 rings (SSSR count). The van der Waals surface area contributed by atoms with Gasteiger partial charge in [-0.1, -0.05) is 152 Å². The summed E-state index contributed by atoms with van der Waals surface area (Å²) < 4.78 is 13.5. The number of para-hydroxylation sites is 1. The minimum absolute atomic E-state index is 0.00820. The fraction of sp³-hybridized carbons (Fsp3) is 0.379. The minimum Gasteiger partial charge on any atom is -0.488 e. The van der Waals surface area contributed by atoms with Crippen LogP contribution in [-0.4, -0.2) is 18.8 Å². The van der Waals surface area contributed by atoms with Crippen LogP contribution in [-0.2, 0) is 21.7 Å². The van der Waals surface area contributed by atoms with E-state index in [1.807, 2.05) is 12.1 Å². The van der Waals surface area contributed by atoms with Gasteiger partial charge in [0.1, 0.15) is 17.9 Å². The molecule has 4 aromatic rings. The topological polar surface area (TPSA) is 28.9 Å². The van der Waals surface area contributed by atoms with Crippen molar-refractivity contribution >= 4 is 40.9 Å². The number of allylic oxidation sites excluding steroid dienone is 8. The summed E-state index contributed by atoms with van der Waals surface area (Å²) in [6.07, 6.45) is 19.3. The Bertz CT molecular complexity index is 2650. The van der Waals surface area contributed by atoms with Crippen molar-refractivity contribution < 1.29 is 9.15 Å². The van der Waals surface area contributed by atoms with Gasteiger partial charge in [-0.05, 0) is 129 Å². The maximum Gasteiger partial charge on any atom is 0.236 e. The Hall–Kier alpha value is -5.42. The van der Waals surface area contributed by atoms with Crippen LogP contribution in [0, 0.1) is 5.41 Å². The van der Waals surface area contributed by atoms with Gasteiger partial charge in [0.25, 0.3) is 0 Å². The summed E-state index contributed by atoms with van der Waals surface area (Å²) in [5.74, 6) is 3.09. The molecule has 3 aliphatic rings. The fourth-order valence-electron chi connectivity index (χ4n) is 9.22. The second-order valence-electron chi connectivity index (χ2n) is 22.1. The predicted molar refractivity (Wildman–Crippen MR) is 272 cm³/mol. The predicted octanol–water partition coefficient (Wildman–Crippen LogP) is 15.1. The molecule has 4 nitrogen and oxygen atoms in total. The smallest absolute Gasteiger partial charge is 0.236 e. The van der Waals surface area contributed by atoms with Crippen molar-refractivity contribution in [2.75, 3.05) is 11.5 Å². The van der Waals surface area contributed by atoms with E-state index >= 15 is 0 Å². The fourth-order valence-corrected chi connectivity index (χ4v) is 9.22. The number of rotatable bonds is 6. The SMILES string of the molecule is C=C/C=C1\C=C\N(C(/C=C\C)=C2/COc3ccccc32)C(/C=C\C(=C)C(C)(C)C)=C\[B]c2oc3cc4c(cc3c2N1c1ccc(C(C)(C)C)c(C(C)(C)C)c1)C(C)(C)CCC4(C)C. The van der Waals surface area contributed by atoms with Crippen LogP contribution in [0.5, 0.6) is 5.75 Å². The number of hydrogen-bond donors (Lipinski definition) is 0. The molecule has 0 bridgehead atoms. The van der Waals surface area contributed by atoms with Crippen LogP contribution in [0.1, 0.15) is 138 Å². The Morgan fingerprint density at radius 2 is 1.49 bits per heavy atom. The lowest BCUT2D eigenvalue weighted by atomic mass is 9.63. The number of hydrogen-bond acceptors (Lipinski definition) is 4. The third-order valence-corrected chi connectivity index (χ3v) is 13.3. The van der Waals surface area contributed by atoms with Gasteiger partial charge in [-0.25, -0.2) is 0 Å². The van der Waals surface area contributed by atoms with Crippen LogP contribution in [0.25, 0.3) is 16.5 Å². The standard InChI is InChI=1S/C58H70BN2O2/c1-17-21-39-29-32-60(49(22-18-2)44-37-62-50-24-20-19-23-42(44)50)41(26-25-38(3)54(4,5)6)36-59-53-52(61(39)40-27-28-45(55(7,8)9)46(33-40)56(10,11)12)43-34-47-48(35-51(43)63-53)58(15,16)31-30-57(47,13)14/h17-29,32-36H,1,3,30-31,37H2,2,4-16H3/b22-18-,26-25-,32-29+,39-21+,41-36-,49-44-. The Morgan fingerprint density at radius 3 is 2.13 bits per heavy atom. The highest BCUT2D eigenvalue weighted by atomic mass is 16.5. The Labute approximate surface area is 380 Å². The first kappa shape index (κ1) is 45.6. The monoisotopic (exact) mass is 838 g/mol. The molecule has 63 heavy (non-hydrogen) atoms. The molecule has 3 heterocycles. The molecule has 3 aromatic carbocycles. The number of ether oxygens (including phenoxy) is 1. The molecule has 0 N–H and O–H groups in total. The highest BCUT2D eigenvalue weighted by Gasteiger charge is 2.39. The molecule has 5 heteroatoms. The van der Waals surface area contributed by atoms with E-state index in [9.17, 15) is 0 Å². The number of furan rings is 1. The summed E-state index contributed by atoms with van der Waals surface area (Å²) in [5.41, 5.74) is 15.1.